The molecular weight excluding hydrogens is 207 g/mol. The highest BCUT2D eigenvalue weighted by atomic mass is 31.1. The van der Waals surface area contributed by atoms with Crippen LogP contribution in [0.15, 0.2) is 54.6 Å². The molecule has 0 fully saturated rings. The maximum Gasteiger partial charge on any atom is 0.153 e. The molecule has 1 aliphatic carbocycles. The predicted octanol–water partition coefficient (Wildman–Crippen LogP) is 2.92. The number of rotatable bonds is 3. The van der Waals surface area contributed by atoms with Gasteiger partial charge in [-0.15, -0.1) is 0 Å². The minimum absolute atomic E-state index is 0.483. The lowest BCUT2D eigenvalue weighted by Gasteiger charge is -2.30. The summed E-state index contributed by atoms with van der Waals surface area (Å²) in [6, 6.07) is 9.97. The van der Waals surface area contributed by atoms with Gasteiger partial charge in [-0.2, -0.15) is 0 Å². The van der Waals surface area contributed by atoms with Crippen molar-refractivity contribution in [3.63, 3.8) is 0 Å². The minimum atomic E-state index is -0.500. The van der Waals surface area contributed by atoms with E-state index < -0.39 is 14.6 Å². The van der Waals surface area contributed by atoms with Crippen molar-refractivity contribution >= 4 is 9.03 Å². The van der Waals surface area contributed by atoms with Crippen LogP contribution in [0.3, 0.4) is 0 Å². The molecule has 2 atom stereocenters. The first-order valence-corrected chi connectivity index (χ1v) is 5.70. The second kappa shape index (κ2) is 4.71. The van der Waals surface area contributed by atoms with Crippen LogP contribution in [0, 0.1) is 0 Å². The molecule has 2 rings (SSSR count). The van der Waals surface area contributed by atoms with Crippen molar-refractivity contribution in [2.45, 2.75) is 12.0 Å². The third-order valence-corrected chi connectivity index (χ3v) is 2.98. The van der Waals surface area contributed by atoms with Crippen LogP contribution < -0.4 is 0 Å². The van der Waals surface area contributed by atoms with E-state index in [1.54, 1.807) is 0 Å². The summed E-state index contributed by atoms with van der Waals surface area (Å²) in [6.45, 7) is 0. The smallest absolute Gasteiger partial charge is 0.153 e. The van der Waals surface area contributed by atoms with E-state index in [2.05, 4.69) is 0 Å². The molecule has 0 bridgehead atoms. The fourth-order valence-electron chi connectivity index (χ4n) is 1.75. The summed E-state index contributed by atoms with van der Waals surface area (Å²) in [4.78, 5) is 8.99. The highest BCUT2D eigenvalue weighted by Gasteiger charge is 2.30. The van der Waals surface area contributed by atoms with E-state index in [1.807, 2.05) is 54.6 Å². The zero-order valence-corrected chi connectivity index (χ0v) is 9.26. The van der Waals surface area contributed by atoms with E-state index in [-0.39, 0.29) is 0 Å². The topological polar surface area (TPSA) is 29.5 Å². The molecule has 0 saturated carbocycles. The second-order valence-corrected chi connectivity index (χ2v) is 3.83. The lowest BCUT2D eigenvalue weighted by Crippen LogP contribution is -2.24. The van der Waals surface area contributed by atoms with Gasteiger partial charge in [0.15, 0.2) is 9.03 Å². The van der Waals surface area contributed by atoms with Crippen molar-refractivity contribution in [1.82, 2.24) is 0 Å². The Balaban J connectivity index is 2.35. The molecule has 1 aromatic carbocycles. The normalized spacial score (nSPS) is 25.1. The van der Waals surface area contributed by atoms with E-state index in [0.717, 1.165) is 12.0 Å². The summed E-state index contributed by atoms with van der Waals surface area (Å²) in [5, 5.41) is 0. The number of allylic oxidation sites excluding steroid dienone is 2. The number of hydrogen-bond donors (Lipinski definition) is 1. The standard InChI is InChI=1S/C12H13O2P/c13-15-14-12(9-5-2-6-10-12)11-7-3-1-4-8-11/h1-9,13,15H,10H2. The Morgan fingerprint density at radius 2 is 2.00 bits per heavy atom. The highest BCUT2D eigenvalue weighted by Crippen LogP contribution is 2.38. The van der Waals surface area contributed by atoms with Gasteiger partial charge in [-0.05, 0) is 11.6 Å². The lowest BCUT2D eigenvalue weighted by molar-refractivity contribution is 0.132. The summed E-state index contributed by atoms with van der Waals surface area (Å²) in [5.74, 6) is 0. The van der Waals surface area contributed by atoms with Gasteiger partial charge in [-0.25, -0.2) is 0 Å². The lowest BCUT2D eigenvalue weighted by atomic mass is 9.88. The molecule has 0 amide bonds. The van der Waals surface area contributed by atoms with Crippen LogP contribution in [0.1, 0.15) is 12.0 Å². The van der Waals surface area contributed by atoms with Crippen LogP contribution in [0.2, 0.25) is 0 Å². The van der Waals surface area contributed by atoms with Gasteiger partial charge in [0.05, 0.1) is 0 Å². The van der Waals surface area contributed by atoms with Gasteiger partial charge in [0.2, 0.25) is 0 Å². The van der Waals surface area contributed by atoms with Gasteiger partial charge in [-0.3, -0.25) is 0 Å². The molecule has 0 radical (unpaired) electrons. The van der Waals surface area contributed by atoms with Crippen LogP contribution in [0.4, 0.5) is 0 Å². The fourth-order valence-corrected chi connectivity index (χ4v) is 2.18. The van der Waals surface area contributed by atoms with E-state index in [0.29, 0.717) is 0 Å². The molecule has 0 spiro atoms. The zero-order valence-electron chi connectivity index (χ0n) is 8.26. The van der Waals surface area contributed by atoms with Crippen LogP contribution >= 0.6 is 9.03 Å². The van der Waals surface area contributed by atoms with E-state index >= 15 is 0 Å². The summed E-state index contributed by atoms with van der Waals surface area (Å²) in [6.07, 6.45) is 8.75. The summed E-state index contributed by atoms with van der Waals surface area (Å²) >= 11 is 0. The van der Waals surface area contributed by atoms with E-state index in [4.69, 9.17) is 9.42 Å². The van der Waals surface area contributed by atoms with Crippen molar-refractivity contribution < 1.29 is 9.42 Å². The molecule has 0 aliphatic heterocycles. The maximum absolute atomic E-state index is 8.99. The van der Waals surface area contributed by atoms with Crippen LogP contribution in [0.25, 0.3) is 0 Å². The number of benzene rings is 1. The Morgan fingerprint density at radius 1 is 1.20 bits per heavy atom. The van der Waals surface area contributed by atoms with Crippen LogP contribution in [-0.4, -0.2) is 4.89 Å². The average Bonchev–Trinajstić information content (AvgIpc) is 2.32. The van der Waals surface area contributed by atoms with Gasteiger partial charge in [-0.1, -0.05) is 48.6 Å². The minimum Gasteiger partial charge on any atom is -0.352 e. The highest BCUT2D eigenvalue weighted by molar-refractivity contribution is 7.25. The van der Waals surface area contributed by atoms with E-state index in [1.165, 1.54) is 0 Å². The largest absolute Gasteiger partial charge is 0.352 e. The molecular formula is C12H13O2P. The molecule has 2 nitrogen and oxygen atoms in total. The Hall–Kier alpha value is -0.950. The van der Waals surface area contributed by atoms with E-state index in [9.17, 15) is 0 Å². The first-order valence-electron chi connectivity index (χ1n) is 4.84. The third-order valence-electron chi connectivity index (χ3n) is 2.52. The predicted molar refractivity (Wildman–Crippen MR) is 62.6 cm³/mol. The fraction of sp³-hybridized carbons (Fsp3) is 0.167. The van der Waals surface area contributed by atoms with Crippen molar-refractivity contribution in [3.05, 3.63) is 60.2 Å². The van der Waals surface area contributed by atoms with Crippen LogP contribution in [0.5, 0.6) is 0 Å². The zero-order chi connectivity index (χ0) is 10.6. The molecule has 0 saturated heterocycles. The van der Waals surface area contributed by atoms with Gasteiger partial charge in [0.1, 0.15) is 5.60 Å². The quantitative estimate of drug-likeness (QED) is 0.793. The maximum atomic E-state index is 8.99. The molecule has 1 aliphatic rings. The Labute approximate surface area is 91.2 Å². The summed E-state index contributed by atoms with van der Waals surface area (Å²) < 4.78 is 5.50. The summed E-state index contributed by atoms with van der Waals surface area (Å²) in [7, 11) is -0.500. The van der Waals surface area contributed by atoms with Crippen molar-refractivity contribution in [2.24, 2.45) is 0 Å². The Morgan fingerprint density at radius 3 is 2.60 bits per heavy atom. The monoisotopic (exact) mass is 220 g/mol. The van der Waals surface area contributed by atoms with Gasteiger partial charge >= 0.3 is 0 Å². The van der Waals surface area contributed by atoms with Crippen molar-refractivity contribution in [3.8, 4) is 0 Å². The van der Waals surface area contributed by atoms with Gasteiger partial charge < -0.3 is 9.42 Å². The summed E-state index contributed by atoms with van der Waals surface area (Å²) in [5.41, 5.74) is 0.593. The average molecular weight is 220 g/mol. The van der Waals surface area contributed by atoms with Crippen molar-refractivity contribution in [1.29, 1.82) is 0 Å². The molecule has 78 valence electrons. The molecule has 0 aromatic heterocycles. The third kappa shape index (κ3) is 2.18. The first-order chi connectivity index (χ1) is 7.37. The Bertz CT molecular complexity index is 372. The molecule has 3 heteroatoms. The van der Waals surface area contributed by atoms with Crippen LogP contribution in [-0.2, 0) is 10.1 Å². The molecule has 15 heavy (non-hydrogen) atoms. The second-order valence-electron chi connectivity index (χ2n) is 3.44. The molecule has 0 heterocycles. The van der Waals surface area contributed by atoms with Crippen molar-refractivity contribution in [2.75, 3.05) is 0 Å². The molecule has 2 unspecified atom stereocenters. The molecule has 1 aromatic rings. The first kappa shape index (κ1) is 10.6. The SMILES string of the molecule is OPOC1(c2ccccc2)C=CC=CC1. The number of hydrogen-bond acceptors (Lipinski definition) is 2. The Kier molecular flexibility index (Phi) is 3.32. The van der Waals surface area contributed by atoms with Gasteiger partial charge in [0.25, 0.3) is 0 Å². The molecule has 1 N–H and O–H groups in total. The van der Waals surface area contributed by atoms with Gasteiger partial charge in [0, 0.05) is 6.42 Å².